The van der Waals surface area contributed by atoms with Crippen LogP contribution in [0.4, 0.5) is 4.39 Å². The van der Waals surface area contributed by atoms with E-state index in [1.165, 1.54) is 10.6 Å². The number of aromatic nitrogens is 2. The van der Waals surface area contributed by atoms with E-state index < -0.39 is 139 Å². The van der Waals surface area contributed by atoms with Gasteiger partial charge in [-0.2, -0.15) is 0 Å². The lowest BCUT2D eigenvalue weighted by Gasteiger charge is -2.31. The monoisotopic (exact) mass is 1090 g/mol. The summed E-state index contributed by atoms with van der Waals surface area (Å²) in [5.74, 6) is -8.87. The summed E-state index contributed by atoms with van der Waals surface area (Å²) in [5, 5.41) is 38.6. The number of aliphatic hydroxyl groups is 1. The zero-order valence-corrected chi connectivity index (χ0v) is 42.7. The number of esters is 1. The lowest BCUT2D eigenvalue weighted by Crippen LogP contribution is -2.56. The van der Waals surface area contributed by atoms with Crippen LogP contribution in [0.3, 0.4) is 0 Å². The maximum absolute atomic E-state index is 15.5. The number of pyridine rings is 2. The van der Waals surface area contributed by atoms with Crippen molar-refractivity contribution >= 4 is 70.1 Å². The number of aryl methyl sites for hydroxylation is 1. The van der Waals surface area contributed by atoms with Crippen molar-refractivity contribution in [1.82, 2.24) is 51.7 Å². The number of nitrogens with zero attached hydrogens (tertiary/aromatic N) is 3. The van der Waals surface area contributed by atoms with Crippen molar-refractivity contribution in [1.29, 1.82) is 0 Å². The summed E-state index contributed by atoms with van der Waals surface area (Å²) >= 11 is 0. The summed E-state index contributed by atoms with van der Waals surface area (Å²) in [7, 11) is 0. The van der Waals surface area contributed by atoms with Gasteiger partial charge in [-0.1, -0.05) is 37.3 Å². The highest BCUT2D eigenvalue weighted by atomic mass is 19.1. The second-order valence-electron chi connectivity index (χ2n) is 19.7. The molecule has 26 heteroatoms. The molecule has 25 nitrogen and oxygen atoms in total. The van der Waals surface area contributed by atoms with Crippen molar-refractivity contribution < 1.29 is 72.0 Å². The fourth-order valence-electron chi connectivity index (χ4n) is 10.3. The number of nitrogens with one attached hydrogen (secondary N) is 7. The molecule has 8 amide bonds. The zero-order valence-electron chi connectivity index (χ0n) is 42.7. The zero-order chi connectivity index (χ0) is 56.5. The van der Waals surface area contributed by atoms with Crippen LogP contribution in [0.25, 0.3) is 22.3 Å². The lowest BCUT2D eigenvalue weighted by molar-refractivity contribution is -0.172. The molecule has 9 N–H and O–H groups in total. The first kappa shape index (κ1) is 55.0. The average molecular weight is 1090 g/mol. The van der Waals surface area contributed by atoms with E-state index >= 15 is 4.39 Å². The largest absolute Gasteiger partial charge is 0.480 e. The number of amides is 8. The van der Waals surface area contributed by atoms with Crippen LogP contribution in [-0.2, 0) is 89.0 Å². The first-order valence-electron chi connectivity index (χ1n) is 25.4. The number of cyclic esters (lactones) is 1. The normalized spacial score (nSPS) is 18.8. The van der Waals surface area contributed by atoms with Gasteiger partial charge in [0.2, 0.25) is 29.5 Å². The molecule has 3 aliphatic heterocycles. The number of carbonyl (C=O) groups excluding carboxylic acids is 9. The fourth-order valence-corrected chi connectivity index (χ4v) is 10.3. The van der Waals surface area contributed by atoms with Gasteiger partial charge in [0.25, 0.3) is 23.3 Å². The van der Waals surface area contributed by atoms with E-state index in [2.05, 4.69) is 37.2 Å². The van der Waals surface area contributed by atoms with E-state index in [0.29, 0.717) is 80.7 Å². The van der Waals surface area contributed by atoms with Gasteiger partial charge in [0, 0.05) is 47.7 Å². The number of ether oxygens (including phenoxy) is 2. The van der Waals surface area contributed by atoms with Crippen molar-refractivity contribution in [2.24, 2.45) is 0 Å². The standard InChI is InChI=1S/C53H55FN10O15/c1-3-53(77)31-16-36-46-29(23-63(36)49(74)30(31)24-78-51(53)76)45-33(10-9-28-26(2)32(54)17-34(61-46)44(28)45)62-50(75)52(13-14-52)79-25-59-39(66)20-57-47(72)35(15-27-7-5-4-6-8-27)60-40(67)21-56-38(65)19-58-48(73)37(18-55-22-43(70)71)64-41(68)11-12-42(64)69/h4-8,11-12,16-17,33,35,37,55,77H,3,9-10,13-15,18-25H2,1-2H3,(H,56,65)(H,57,72)(H,58,73)(H,59,66)(H,60,67)(H,62,75)(H,70,71)/t33-,35-,37+,53-/m0/s1. The Morgan fingerprint density at radius 1 is 0.873 bits per heavy atom. The van der Waals surface area contributed by atoms with Gasteiger partial charge < -0.3 is 61.5 Å². The van der Waals surface area contributed by atoms with Gasteiger partial charge in [0.1, 0.15) is 36.8 Å². The van der Waals surface area contributed by atoms with Gasteiger partial charge in [0.15, 0.2) is 5.60 Å². The van der Waals surface area contributed by atoms with Crippen molar-refractivity contribution in [2.45, 2.75) is 94.9 Å². The smallest absolute Gasteiger partial charge is 0.343 e. The first-order chi connectivity index (χ1) is 37.7. The molecule has 5 heterocycles. The Balaban J connectivity index is 0.795. The molecule has 0 bridgehead atoms. The number of carbonyl (C=O) groups is 10. The second kappa shape index (κ2) is 22.3. The van der Waals surface area contributed by atoms with Gasteiger partial charge in [-0.15, -0.1) is 0 Å². The molecule has 5 aliphatic rings. The van der Waals surface area contributed by atoms with E-state index in [0.717, 1.165) is 12.2 Å². The first-order valence-corrected chi connectivity index (χ1v) is 25.4. The van der Waals surface area contributed by atoms with E-state index in [4.69, 9.17) is 19.6 Å². The number of halogens is 1. The van der Waals surface area contributed by atoms with Crippen LogP contribution < -0.4 is 42.8 Å². The summed E-state index contributed by atoms with van der Waals surface area (Å²) < 4.78 is 28.2. The van der Waals surface area contributed by atoms with Gasteiger partial charge in [-0.05, 0) is 67.3 Å². The molecule has 0 spiro atoms. The molecule has 2 aromatic carbocycles. The summed E-state index contributed by atoms with van der Waals surface area (Å²) in [6, 6.07) is 8.04. The molecule has 79 heavy (non-hydrogen) atoms. The average Bonchev–Trinajstić information content (AvgIpc) is 3.11. The fraction of sp³-hybridized carbons (Fsp3) is 0.396. The Bertz CT molecular complexity index is 3340. The third kappa shape index (κ3) is 11.1. The Morgan fingerprint density at radius 2 is 1.56 bits per heavy atom. The topological polar surface area (TPSA) is 352 Å². The van der Waals surface area contributed by atoms with E-state index in [1.54, 1.807) is 50.2 Å². The summed E-state index contributed by atoms with van der Waals surface area (Å²) in [6.45, 7) is -0.435. The molecule has 2 aromatic heterocycles. The minimum Gasteiger partial charge on any atom is -0.480 e. The highest BCUT2D eigenvalue weighted by Crippen LogP contribution is 2.47. The summed E-state index contributed by atoms with van der Waals surface area (Å²) in [4.78, 5) is 147. The summed E-state index contributed by atoms with van der Waals surface area (Å²) in [5.41, 5.74) is 0.372. The van der Waals surface area contributed by atoms with Crippen molar-refractivity contribution in [3.63, 3.8) is 0 Å². The summed E-state index contributed by atoms with van der Waals surface area (Å²) in [6.07, 6.45) is 3.13. The Morgan fingerprint density at radius 3 is 2.24 bits per heavy atom. The second-order valence-corrected chi connectivity index (χ2v) is 19.7. The van der Waals surface area contributed by atoms with Crippen LogP contribution in [0.15, 0.2) is 59.4 Å². The molecule has 0 saturated heterocycles. The number of fused-ring (bicyclic) bond motifs is 5. The Labute approximate surface area is 448 Å². The number of aliphatic carboxylic acids is 1. The number of rotatable bonds is 22. The van der Waals surface area contributed by atoms with Crippen molar-refractivity contribution in [3.05, 3.63) is 110 Å². The minimum absolute atomic E-state index is 0.0318. The van der Waals surface area contributed by atoms with Crippen LogP contribution in [0.1, 0.15) is 77.6 Å². The number of hydrogen-bond acceptors (Lipinski definition) is 16. The molecular formula is C53H55FN10O15. The number of benzene rings is 2. The maximum atomic E-state index is 15.5. The van der Waals surface area contributed by atoms with Gasteiger partial charge in [0.05, 0.1) is 61.2 Å². The third-order valence-electron chi connectivity index (χ3n) is 14.7. The lowest BCUT2D eigenvalue weighted by atomic mass is 9.81. The van der Waals surface area contributed by atoms with Crippen LogP contribution in [0.5, 0.6) is 0 Å². The predicted octanol–water partition coefficient (Wildman–Crippen LogP) is -1.70. The molecule has 1 fully saturated rings. The molecule has 2 aliphatic carbocycles. The highest BCUT2D eigenvalue weighted by Gasteiger charge is 2.53. The molecule has 4 atom stereocenters. The van der Waals surface area contributed by atoms with Gasteiger partial charge in [-0.25, -0.2) is 14.2 Å². The van der Waals surface area contributed by atoms with Crippen LogP contribution in [0, 0.1) is 12.7 Å². The molecular weight excluding hydrogens is 1040 g/mol. The number of carboxylic acids is 1. The molecule has 1 saturated carbocycles. The number of hydrogen-bond donors (Lipinski definition) is 9. The van der Waals surface area contributed by atoms with Crippen molar-refractivity contribution in [3.8, 4) is 11.4 Å². The SMILES string of the molecule is CC[C@@]1(O)C(=O)OCc2c1cc1n(c2=O)Cc2c-1nc1cc(F)c(C)c3c1c2[C@@H](NC(=O)C1(OCNC(=O)CNC(=O)[C@H](Cc2ccccc2)NC(=O)CNC(=O)CNC(=O)[C@@H](CNCC(=O)O)N2C(=O)C=CC2=O)CC1)CC3. The molecule has 0 unspecified atom stereocenters. The van der Waals surface area contributed by atoms with Crippen LogP contribution in [0.2, 0.25) is 0 Å². The van der Waals surface area contributed by atoms with E-state index in [1.807, 2.05) is 0 Å². The maximum Gasteiger partial charge on any atom is 0.343 e. The van der Waals surface area contributed by atoms with E-state index in [-0.39, 0.29) is 37.1 Å². The van der Waals surface area contributed by atoms with Crippen LogP contribution in [-0.4, -0.2) is 141 Å². The Hall–Kier alpha value is -8.75. The number of carboxylic acid groups (broad SMARTS) is 1. The molecule has 0 radical (unpaired) electrons. The highest BCUT2D eigenvalue weighted by molar-refractivity contribution is 6.15. The van der Waals surface area contributed by atoms with Crippen LogP contribution >= 0.6 is 0 Å². The van der Waals surface area contributed by atoms with Gasteiger partial charge >= 0.3 is 11.9 Å². The molecule has 414 valence electrons. The van der Waals surface area contributed by atoms with Gasteiger partial charge in [-0.3, -0.25) is 52.8 Å². The predicted molar refractivity (Wildman–Crippen MR) is 271 cm³/mol. The van der Waals surface area contributed by atoms with Crippen molar-refractivity contribution in [2.75, 3.05) is 39.5 Å². The number of imide groups is 1. The molecule has 4 aromatic rings. The van der Waals surface area contributed by atoms with E-state index in [9.17, 15) is 57.8 Å². The third-order valence-corrected chi connectivity index (χ3v) is 14.7. The minimum atomic E-state index is -2.07. The quantitative estimate of drug-likeness (QED) is 0.0212. The Kier molecular flexibility index (Phi) is 15.5. The molecule has 9 rings (SSSR count).